The minimum Gasteiger partial charge on any atom is -0.501 e. The molecule has 0 amide bonds. The summed E-state index contributed by atoms with van der Waals surface area (Å²) < 4.78 is 45.2. The van der Waals surface area contributed by atoms with Crippen LogP contribution in [0.1, 0.15) is 24.5 Å². The summed E-state index contributed by atoms with van der Waals surface area (Å²) in [6.45, 7) is 2.43. The minimum atomic E-state index is -4.49. The molecule has 2 aromatic rings. The molecule has 3 nitrogen and oxygen atoms in total. The third-order valence-corrected chi connectivity index (χ3v) is 3.37. The zero-order valence-corrected chi connectivity index (χ0v) is 13.5. The Morgan fingerprint density at radius 1 is 1.32 bits per heavy atom. The number of hydrogen-bond acceptors (Lipinski definition) is 2. The van der Waals surface area contributed by atoms with Crippen molar-refractivity contribution in [3.05, 3.63) is 64.3 Å². The minimum absolute atomic E-state index is 0.0849. The van der Waals surface area contributed by atoms with Crippen molar-refractivity contribution >= 4 is 6.08 Å². The Balaban J connectivity index is 2.53. The maximum absolute atomic E-state index is 12.9. The molecule has 0 N–H and O–H groups in total. The van der Waals surface area contributed by atoms with Crippen molar-refractivity contribution in [1.82, 2.24) is 4.57 Å². The molecule has 6 heteroatoms. The van der Waals surface area contributed by atoms with E-state index < -0.39 is 17.2 Å². The third kappa shape index (κ3) is 4.54. The SMILES string of the molecule is C#Cn1cc(/C=C/OCCC)c(=O)c(-c2cccc(C(F)(F)F)c2)c1. The highest BCUT2D eigenvalue weighted by molar-refractivity contribution is 5.67. The first kappa shape index (κ1) is 18.4. The number of benzene rings is 1. The van der Waals surface area contributed by atoms with Gasteiger partial charge in [0.05, 0.1) is 18.4 Å². The van der Waals surface area contributed by atoms with Gasteiger partial charge in [0.25, 0.3) is 0 Å². The van der Waals surface area contributed by atoms with Gasteiger partial charge in [0.15, 0.2) is 5.43 Å². The lowest BCUT2D eigenvalue weighted by atomic mass is 10.0. The zero-order valence-electron chi connectivity index (χ0n) is 13.5. The van der Waals surface area contributed by atoms with Gasteiger partial charge in [-0.2, -0.15) is 13.2 Å². The highest BCUT2D eigenvalue weighted by atomic mass is 19.4. The van der Waals surface area contributed by atoms with E-state index >= 15 is 0 Å². The fourth-order valence-corrected chi connectivity index (χ4v) is 2.17. The summed E-state index contributed by atoms with van der Waals surface area (Å²) in [7, 11) is 0. The van der Waals surface area contributed by atoms with E-state index in [-0.39, 0.29) is 16.7 Å². The van der Waals surface area contributed by atoms with E-state index in [1.165, 1.54) is 41.4 Å². The van der Waals surface area contributed by atoms with Crippen LogP contribution in [-0.4, -0.2) is 11.2 Å². The monoisotopic (exact) mass is 347 g/mol. The lowest BCUT2D eigenvalue weighted by Gasteiger charge is -2.10. The number of pyridine rings is 1. The van der Waals surface area contributed by atoms with Crippen molar-refractivity contribution < 1.29 is 17.9 Å². The topological polar surface area (TPSA) is 31.2 Å². The molecule has 0 saturated heterocycles. The van der Waals surface area contributed by atoms with Gasteiger partial charge in [-0.3, -0.25) is 9.36 Å². The number of ether oxygens (including phenoxy) is 1. The van der Waals surface area contributed by atoms with Crippen LogP contribution in [0, 0.1) is 12.5 Å². The average Bonchev–Trinajstić information content (AvgIpc) is 2.59. The summed E-state index contributed by atoms with van der Waals surface area (Å²) in [6.07, 6.45) is 7.26. The molecule has 0 aliphatic carbocycles. The molecule has 0 unspecified atom stereocenters. The number of hydrogen-bond donors (Lipinski definition) is 0. The molecule has 0 aliphatic heterocycles. The molecular formula is C19H16F3NO2. The van der Waals surface area contributed by atoms with Crippen molar-refractivity contribution in [3.8, 4) is 23.6 Å². The van der Waals surface area contributed by atoms with Gasteiger partial charge < -0.3 is 4.74 Å². The van der Waals surface area contributed by atoms with Crippen LogP contribution in [0.4, 0.5) is 13.2 Å². The molecule has 0 saturated carbocycles. The van der Waals surface area contributed by atoms with Crippen LogP contribution in [0.5, 0.6) is 0 Å². The molecular weight excluding hydrogens is 331 g/mol. The average molecular weight is 347 g/mol. The van der Waals surface area contributed by atoms with E-state index in [1.807, 2.05) is 6.92 Å². The summed E-state index contributed by atoms with van der Waals surface area (Å²) in [4.78, 5) is 12.6. The predicted molar refractivity (Wildman–Crippen MR) is 90.6 cm³/mol. The molecule has 1 heterocycles. The Morgan fingerprint density at radius 3 is 2.72 bits per heavy atom. The number of terminal acetylenes is 1. The van der Waals surface area contributed by atoms with Crippen LogP contribution in [0.2, 0.25) is 0 Å². The van der Waals surface area contributed by atoms with Crippen LogP contribution in [0.15, 0.2) is 47.7 Å². The lowest BCUT2D eigenvalue weighted by molar-refractivity contribution is -0.137. The highest BCUT2D eigenvalue weighted by Crippen LogP contribution is 2.31. The van der Waals surface area contributed by atoms with Crippen LogP contribution in [0.3, 0.4) is 0 Å². The van der Waals surface area contributed by atoms with Crippen molar-refractivity contribution in [1.29, 1.82) is 0 Å². The number of alkyl halides is 3. The third-order valence-electron chi connectivity index (χ3n) is 3.37. The van der Waals surface area contributed by atoms with Gasteiger partial charge in [-0.1, -0.05) is 25.5 Å². The van der Waals surface area contributed by atoms with E-state index in [9.17, 15) is 18.0 Å². The van der Waals surface area contributed by atoms with E-state index in [0.717, 1.165) is 18.6 Å². The summed E-state index contributed by atoms with van der Waals surface area (Å²) >= 11 is 0. The van der Waals surface area contributed by atoms with Gasteiger partial charge in [0.1, 0.15) is 0 Å². The van der Waals surface area contributed by atoms with Gasteiger partial charge in [-0.05, 0) is 30.2 Å². The normalized spacial score (nSPS) is 11.5. The second-order valence-corrected chi connectivity index (χ2v) is 5.24. The number of halogens is 3. The summed E-state index contributed by atoms with van der Waals surface area (Å²) in [6, 6.07) is 6.90. The van der Waals surface area contributed by atoms with E-state index in [0.29, 0.717) is 6.61 Å². The standard InChI is InChI=1S/C19H16F3NO2/c1-3-9-25-10-8-15-12-23(4-2)13-17(18(15)24)14-6-5-7-16(11-14)19(20,21)22/h2,5-8,10-13H,3,9H2,1H3/b10-8+. The Hall–Kier alpha value is -2.94. The molecule has 2 rings (SSSR count). The second kappa shape index (κ2) is 7.75. The Labute approximate surface area is 143 Å². The number of nitrogens with zero attached hydrogens (tertiary/aromatic N) is 1. The highest BCUT2D eigenvalue weighted by Gasteiger charge is 2.30. The quantitative estimate of drug-likeness (QED) is 0.457. The molecule has 0 spiro atoms. The first-order valence-corrected chi connectivity index (χ1v) is 7.55. The summed E-state index contributed by atoms with van der Waals surface area (Å²) in [5, 5.41) is 0. The zero-order chi connectivity index (χ0) is 18.4. The number of aromatic nitrogens is 1. The Bertz CT molecular complexity index is 873. The van der Waals surface area contributed by atoms with Crippen LogP contribution >= 0.6 is 0 Å². The van der Waals surface area contributed by atoms with Gasteiger partial charge >= 0.3 is 6.18 Å². The maximum atomic E-state index is 12.9. The first-order valence-electron chi connectivity index (χ1n) is 7.55. The fraction of sp³-hybridized carbons (Fsp3) is 0.211. The molecule has 130 valence electrons. The fourth-order valence-electron chi connectivity index (χ4n) is 2.17. The summed E-state index contributed by atoms with van der Waals surface area (Å²) in [5.74, 6) is 0. The van der Waals surface area contributed by atoms with Crippen LogP contribution < -0.4 is 5.43 Å². The van der Waals surface area contributed by atoms with Crippen molar-refractivity contribution in [3.63, 3.8) is 0 Å². The van der Waals surface area contributed by atoms with E-state index in [2.05, 4.69) is 6.04 Å². The Kier molecular flexibility index (Phi) is 5.71. The van der Waals surface area contributed by atoms with Gasteiger partial charge in [0, 0.05) is 29.6 Å². The molecule has 1 aromatic carbocycles. The molecule has 0 bridgehead atoms. The second-order valence-electron chi connectivity index (χ2n) is 5.24. The van der Waals surface area contributed by atoms with Crippen molar-refractivity contribution in [2.75, 3.05) is 6.61 Å². The lowest BCUT2D eigenvalue weighted by Crippen LogP contribution is -2.12. The van der Waals surface area contributed by atoms with E-state index in [4.69, 9.17) is 11.2 Å². The molecule has 0 fully saturated rings. The summed E-state index contributed by atoms with van der Waals surface area (Å²) in [5.41, 5.74) is -0.801. The maximum Gasteiger partial charge on any atom is 0.416 e. The first-order chi connectivity index (χ1) is 11.9. The predicted octanol–water partition coefficient (Wildman–Crippen LogP) is 4.37. The van der Waals surface area contributed by atoms with Crippen molar-refractivity contribution in [2.45, 2.75) is 19.5 Å². The molecule has 1 aromatic heterocycles. The van der Waals surface area contributed by atoms with Crippen molar-refractivity contribution in [2.24, 2.45) is 0 Å². The number of rotatable bonds is 5. The molecule has 0 aliphatic rings. The van der Waals surface area contributed by atoms with Crippen LogP contribution in [0.25, 0.3) is 17.2 Å². The van der Waals surface area contributed by atoms with Gasteiger partial charge in [-0.25, -0.2) is 0 Å². The largest absolute Gasteiger partial charge is 0.501 e. The molecule has 25 heavy (non-hydrogen) atoms. The van der Waals surface area contributed by atoms with Gasteiger partial charge in [0.2, 0.25) is 0 Å². The van der Waals surface area contributed by atoms with Gasteiger partial charge in [-0.15, -0.1) is 0 Å². The van der Waals surface area contributed by atoms with Crippen LogP contribution in [-0.2, 0) is 10.9 Å². The van der Waals surface area contributed by atoms with E-state index in [1.54, 1.807) is 0 Å². The molecule has 0 radical (unpaired) electrons. The smallest absolute Gasteiger partial charge is 0.416 e. The Morgan fingerprint density at radius 2 is 2.08 bits per heavy atom. The molecule has 0 atom stereocenters.